The summed E-state index contributed by atoms with van der Waals surface area (Å²) in [6.07, 6.45) is 5.62. The molecule has 4 aromatic rings. The Balaban J connectivity index is 1.38. The van der Waals surface area contributed by atoms with Gasteiger partial charge in [0.15, 0.2) is 5.82 Å². The second-order valence-electron chi connectivity index (χ2n) is 5.62. The first-order valence-electron chi connectivity index (χ1n) is 7.99. The normalized spacial score (nSPS) is 11.0. The molecule has 0 unspecified atom stereocenters. The zero-order valence-electron chi connectivity index (χ0n) is 13.9. The molecule has 1 amide bonds. The quantitative estimate of drug-likeness (QED) is 0.540. The summed E-state index contributed by atoms with van der Waals surface area (Å²) in [5, 5.41) is 17.6. The van der Waals surface area contributed by atoms with Crippen LogP contribution >= 0.6 is 0 Å². The molecule has 0 atom stereocenters. The lowest BCUT2D eigenvalue weighted by atomic mass is 10.3. The fraction of sp³-hybridized carbons (Fsp3) is 0.188. The van der Waals surface area contributed by atoms with Crippen LogP contribution in [0.5, 0.6) is 0 Å². The van der Waals surface area contributed by atoms with Gasteiger partial charge in [0, 0.05) is 42.8 Å². The molecule has 0 bridgehead atoms. The zero-order chi connectivity index (χ0) is 17.9. The van der Waals surface area contributed by atoms with Crippen molar-refractivity contribution in [3.63, 3.8) is 0 Å². The Kier molecular flexibility index (Phi) is 4.06. The number of carbonyl (C=O) groups excluding carboxylic acids is 1. The lowest BCUT2D eigenvalue weighted by molar-refractivity contribution is 0.0942. The molecule has 10 nitrogen and oxygen atoms in total. The number of nitrogens with zero attached hydrogens (tertiary/aromatic N) is 7. The molecule has 4 rings (SSSR count). The van der Waals surface area contributed by atoms with Crippen LogP contribution in [0.4, 0.5) is 0 Å². The number of hydrogen-bond donors (Lipinski definition) is 2. The molecule has 10 heteroatoms. The van der Waals surface area contributed by atoms with Crippen LogP contribution in [-0.2, 0) is 6.42 Å². The summed E-state index contributed by atoms with van der Waals surface area (Å²) in [5.41, 5.74) is 1.64. The maximum Gasteiger partial charge on any atom is 0.289 e. The number of hydrogen-bond acceptors (Lipinski definition) is 7. The van der Waals surface area contributed by atoms with Crippen molar-refractivity contribution in [3.05, 3.63) is 54.1 Å². The maximum absolute atomic E-state index is 12.3. The van der Waals surface area contributed by atoms with Crippen LogP contribution < -0.4 is 5.32 Å². The van der Waals surface area contributed by atoms with E-state index in [1.165, 1.54) is 0 Å². The molecule has 0 aliphatic rings. The highest BCUT2D eigenvalue weighted by Gasteiger charge is 2.15. The van der Waals surface area contributed by atoms with Crippen molar-refractivity contribution in [1.29, 1.82) is 0 Å². The Labute approximate surface area is 147 Å². The van der Waals surface area contributed by atoms with Gasteiger partial charge in [-0.15, -0.1) is 10.2 Å². The topological polar surface area (TPSA) is 127 Å². The number of fused-ring (bicyclic) bond motifs is 1. The average Bonchev–Trinajstić information content (AvgIpc) is 3.29. The summed E-state index contributed by atoms with van der Waals surface area (Å²) in [4.78, 5) is 25.0. The Hall–Kier alpha value is -3.69. The Morgan fingerprint density at radius 2 is 2.19 bits per heavy atom. The van der Waals surface area contributed by atoms with Crippen molar-refractivity contribution in [3.8, 4) is 11.4 Å². The molecule has 0 radical (unpaired) electrons. The van der Waals surface area contributed by atoms with E-state index in [0.29, 0.717) is 30.4 Å². The van der Waals surface area contributed by atoms with E-state index in [9.17, 15) is 4.79 Å². The van der Waals surface area contributed by atoms with Gasteiger partial charge in [0.25, 0.3) is 11.7 Å². The fourth-order valence-corrected chi connectivity index (χ4v) is 2.43. The molecule has 0 spiro atoms. The van der Waals surface area contributed by atoms with Gasteiger partial charge in [0.1, 0.15) is 5.82 Å². The molecule has 0 aromatic carbocycles. The molecular weight excluding hydrogens is 334 g/mol. The molecule has 0 aliphatic heterocycles. The van der Waals surface area contributed by atoms with E-state index in [4.69, 9.17) is 0 Å². The van der Waals surface area contributed by atoms with Crippen LogP contribution in [-0.4, -0.2) is 52.2 Å². The van der Waals surface area contributed by atoms with Gasteiger partial charge in [-0.3, -0.25) is 19.3 Å². The van der Waals surface area contributed by atoms with Crippen molar-refractivity contribution in [2.24, 2.45) is 0 Å². The predicted molar refractivity (Wildman–Crippen MR) is 91.2 cm³/mol. The smallest absolute Gasteiger partial charge is 0.289 e. The van der Waals surface area contributed by atoms with Gasteiger partial charge in [-0.05, 0) is 25.1 Å². The van der Waals surface area contributed by atoms with Gasteiger partial charge in [0.05, 0.1) is 0 Å². The maximum atomic E-state index is 12.3. The van der Waals surface area contributed by atoms with E-state index >= 15 is 0 Å². The van der Waals surface area contributed by atoms with Crippen molar-refractivity contribution >= 4 is 11.7 Å². The fourth-order valence-electron chi connectivity index (χ4n) is 2.43. The van der Waals surface area contributed by atoms with Crippen LogP contribution in [0.3, 0.4) is 0 Å². The SMILES string of the molecule is Cc1ccn2c(C(=O)NCCc3nc(-c4cccnc4)n[nH]3)nnc2n1. The van der Waals surface area contributed by atoms with Crippen molar-refractivity contribution in [1.82, 2.24) is 45.1 Å². The number of H-pyrrole nitrogens is 1. The minimum absolute atomic E-state index is 0.195. The highest BCUT2D eigenvalue weighted by molar-refractivity contribution is 5.91. The van der Waals surface area contributed by atoms with Gasteiger partial charge >= 0.3 is 0 Å². The average molecular weight is 349 g/mol. The Morgan fingerprint density at radius 1 is 1.27 bits per heavy atom. The number of nitrogens with one attached hydrogen (secondary N) is 2. The number of carbonyl (C=O) groups is 1. The molecule has 26 heavy (non-hydrogen) atoms. The van der Waals surface area contributed by atoms with Crippen LogP contribution in [0.25, 0.3) is 17.2 Å². The van der Waals surface area contributed by atoms with E-state index in [2.05, 4.69) is 40.7 Å². The van der Waals surface area contributed by atoms with E-state index in [0.717, 1.165) is 11.3 Å². The number of amides is 1. The summed E-state index contributed by atoms with van der Waals surface area (Å²) in [6, 6.07) is 5.50. The number of aryl methyl sites for hydroxylation is 1. The molecule has 130 valence electrons. The molecule has 0 saturated carbocycles. The van der Waals surface area contributed by atoms with Gasteiger partial charge in [-0.1, -0.05) is 0 Å². The third kappa shape index (κ3) is 3.11. The van der Waals surface area contributed by atoms with Crippen molar-refractivity contribution in [2.75, 3.05) is 6.54 Å². The summed E-state index contributed by atoms with van der Waals surface area (Å²) < 4.78 is 1.55. The Morgan fingerprint density at radius 3 is 3.04 bits per heavy atom. The largest absolute Gasteiger partial charge is 0.349 e. The lowest BCUT2D eigenvalue weighted by Crippen LogP contribution is -2.27. The second kappa shape index (κ2) is 6.67. The van der Waals surface area contributed by atoms with Gasteiger partial charge < -0.3 is 5.32 Å². The number of rotatable bonds is 5. The van der Waals surface area contributed by atoms with Gasteiger partial charge in [-0.25, -0.2) is 9.97 Å². The van der Waals surface area contributed by atoms with Crippen LogP contribution in [0.15, 0.2) is 36.8 Å². The lowest BCUT2D eigenvalue weighted by Gasteiger charge is -2.02. The first-order valence-corrected chi connectivity index (χ1v) is 7.99. The summed E-state index contributed by atoms with van der Waals surface area (Å²) >= 11 is 0. The zero-order valence-corrected chi connectivity index (χ0v) is 13.9. The van der Waals surface area contributed by atoms with Crippen molar-refractivity contribution in [2.45, 2.75) is 13.3 Å². The molecule has 4 aromatic heterocycles. The second-order valence-corrected chi connectivity index (χ2v) is 5.62. The van der Waals surface area contributed by atoms with Gasteiger partial charge in [0.2, 0.25) is 5.82 Å². The van der Waals surface area contributed by atoms with E-state index in [1.807, 2.05) is 19.1 Å². The van der Waals surface area contributed by atoms with E-state index in [1.54, 1.807) is 29.1 Å². The number of aromatic amines is 1. The van der Waals surface area contributed by atoms with Gasteiger partial charge in [-0.2, -0.15) is 5.10 Å². The van der Waals surface area contributed by atoms with E-state index < -0.39 is 0 Å². The summed E-state index contributed by atoms with van der Waals surface area (Å²) in [7, 11) is 0. The predicted octanol–water partition coefficient (Wildman–Crippen LogP) is 0.585. The summed E-state index contributed by atoms with van der Waals surface area (Å²) in [5.74, 6) is 1.51. The highest BCUT2D eigenvalue weighted by Crippen LogP contribution is 2.12. The first kappa shape index (κ1) is 15.8. The van der Waals surface area contributed by atoms with Crippen LogP contribution in [0.2, 0.25) is 0 Å². The third-order valence-electron chi connectivity index (χ3n) is 3.72. The molecule has 4 heterocycles. The highest BCUT2D eigenvalue weighted by atomic mass is 16.2. The molecular formula is C16H15N9O. The Bertz CT molecular complexity index is 1050. The molecule has 2 N–H and O–H groups in total. The number of aromatic nitrogens is 8. The van der Waals surface area contributed by atoms with Crippen LogP contribution in [0, 0.1) is 6.92 Å². The molecule has 0 aliphatic carbocycles. The third-order valence-corrected chi connectivity index (χ3v) is 3.72. The molecule has 0 fully saturated rings. The minimum atomic E-state index is -0.324. The van der Waals surface area contributed by atoms with Crippen LogP contribution in [0.1, 0.15) is 22.1 Å². The summed E-state index contributed by atoms with van der Waals surface area (Å²) in [6.45, 7) is 2.24. The minimum Gasteiger partial charge on any atom is -0.349 e. The van der Waals surface area contributed by atoms with E-state index in [-0.39, 0.29) is 11.7 Å². The molecule has 0 saturated heterocycles. The number of pyridine rings is 1. The van der Waals surface area contributed by atoms with Crippen molar-refractivity contribution < 1.29 is 4.79 Å². The standard InChI is InChI=1S/C16H15N9O/c1-10-5-8-25-14(23-24-16(25)19-10)15(26)18-7-4-12-20-13(22-21-12)11-3-2-6-17-9-11/h2-3,5-6,8-9H,4,7H2,1H3,(H,18,26)(H,20,21,22). The first-order chi connectivity index (χ1) is 12.7. The monoisotopic (exact) mass is 349 g/mol.